The van der Waals surface area contributed by atoms with E-state index in [9.17, 15) is 4.79 Å². The van der Waals surface area contributed by atoms with E-state index in [1.54, 1.807) is 0 Å². The molecule has 3 rings (SSSR count). The van der Waals surface area contributed by atoms with Gasteiger partial charge in [-0.2, -0.15) is 0 Å². The number of nitrogens with two attached hydrogens (primary N) is 1. The summed E-state index contributed by atoms with van der Waals surface area (Å²) in [6.07, 6.45) is 0.672. The van der Waals surface area contributed by atoms with Gasteiger partial charge in [0.1, 0.15) is 11.5 Å². The number of nitrogen functional groups attached to an aromatic ring is 1. The Labute approximate surface area is 159 Å². The van der Waals surface area contributed by atoms with Crippen LogP contribution in [-0.2, 0) is 4.79 Å². The molecule has 8 heteroatoms. The molecule has 1 amide bonds. The van der Waals surface area contributed by atoms with Crippen molar-refractivity contribution in [3.05, 3.63) is 54.6 Å². The van der Waals surface area contributed by atoms with Gasteiger partial charge in [0.05, 0.1) is 5.25 Å². The third kappa shape index (κ3) is 4.96. The van der Waals surface area contributed by atoms with Crippen LogP contribution in [0.3, 0.4) is 0 Å². The van der Waals surface area contributed by atoms with E-state index in [1.807, 2.05) is 61.5 Å². The molecule has 1 aromatic heterocycles. The minimum absolute atomic E-state index is 0.0806. The van der Waals surface area contributed by atoms with E-state index in [2.05, 4.69) is 15.5 Å². The van der Waals surface area contributed by atoms with Gasteiger partial charge in [0.15, 0.2) is 4.34 Å². The number of nitrogens with one attached hydrogen (secondary N) is 1. The standard InChI is InChI=1S/C18H18N4O2S2/c1-2-15(25-18-22-21-17(19)26-18)16(23)20-12-8-10-14(11-9-12)24-13-6-4-3-5-7-13/h3-11,15H,2H2,1H3,(H2,19,21)(H,20,23). The molecule has 1 heterocycles. The third-order valence-corrected chi connectivity index (χ3v) is 5.63. The number of carbonyl (C=O) groups excluding carboxylic acids is 1. The van der Waals surface area contributed by atoms with Gasteiger partial charge in [-0.25, -0.2) is 0 Å². The molecule has 0 saturated carbocycles. The number of hydrogen-bond donors (Lipinski definition) is 2. The first-order valence-corrected chi connectivity index (χ1v) is 9.73. The van der Waals surface area contributed by atoms with Gasteiger partial charge in [0, 0.05) is 5.69 Å². The number of carbonyl (C=O) groups is 1. The Kier molecular flexibility index (Phi) is 6.08. The van der Waals surface area contributed by atoms with Gasteiger partial charge in [0.2, 0.25) is 11.0 Å². The summed E-state index contributed by atoms with van der Waals surface area (Å²) in [4.78, 5) is 12.5. The molecule has 2 aromatic carbocycles. The van der Waals surface area contributed by atoms with E-state index >= 15 is 0 Å². The predicted molar refractivity (Wildman–Crippen MR) is 106 cm³/mol. The van der Waals surface area contributed by atoms with Crippen molar-refractivity contribution < 1.29 is 9.53 Å². The van der Waals surface area contributed by atoms with Crippen molar-refractivity contribution in [3.63, 3.8) is 0 Å². The maximum absolute atomic E-state index is 12.5. The predicted octanol–water partition coefficient (Wildman–Crippen LogP) is 4.42. The fraction of sp³-hybridized carbons (Fsp3) is 0.167. The van der Waals surface area contributed by atoms with Gasteiger partial charge in [-0.05, 0) is 42.8 Å². The Morgan fingerprint density at radius 2 is 1.85 bits per heavy atom. The second kappa shape index (κ2) is 8.68. The monoisotopic (exact) mass is 386 g/mol. The lowest BCUT2D eigenvalue weighted by atomic mass is 10.2. The molecule has 1 unspecified atom stereocenters. The minimum Gasteiger partial charge on any atom is -0.457 e. The number of nitrogens with zero attached hydrogens (tertiary/aromatic N) is 2. The van der Waals surface area contributed by atoms with Crippen molar-refractivity contribution in [2.24, 2.45) is 0 Å². The zero-order valence-electron chi connectivity index (χ0n) is 14.1. The summed E-state index contributed by atoms with van der Waals surface area (Å²) in [6, 6.07) is 16.8. The number of hydrogen-bond acceptors (Lipinski definition) is 7. The molecule has 6 nitrogen and oxygen atoms in total. The number of benzene rings is 2. The Morgan fingerprint density at radius 3 is 2.46 bits per heavy atom. The van der Waals surface area contributed by atoms with Crippen LogP contribution in [0.5, 0.6) is 11.5 Å². The minimum atomic E-state index is -0.261. The average molecular weight is 387 g/mol. The molecule has 26 heavy (non-hydrogen) atoms. The quantitative estimate of drug-likeness (QED) is 0.584. The van der Waals surface area contributed by atoms with Crippen LogP contribution in [0.1, 0.15) is 13.3 Å². The van der Waals surface area contributed by atoms with Gasteiger partial charge >= 0.3 is 0 Å². The molecule has 134 valence electrons. The molecule has 0 aliphatic heterocycles. The van der Waals surface area contributed by atoms with Crippen LogP contribution in [0.15, 0.2) is 58.9 Å². The summed E-state index contributed by atoms with van der Waals surface area (Å²) in [6.45, 7) is 1.96. The highest BCUT2D eigenvalue weighted by atomic mass is 32.2. The van der Waals surface area contributed by atoms with Crippen LogP contribution in [0.2, 0.25) is 0 Å². The fourth-order valence-electron chi connectivity index (χ4n) is 2.17. The molecule has 0 aliphatic carbocycles. The Balaban J connectivity index is 1.59. The first-order valence-electron chi connectivity index (χ1n) is 8.03. The van der Waals surface area contributed by atoms with Gasteiger partial charge < -0.3 is 15.8 Å². The largest absolute Gasteiger partial charge is 0.457 e. The Hall–Kier alpha value is -2.58. The zero-order valence-corrected chi connectivity index (χ0v) is 15.7. The SMILES string of the molecule is CCC(Sc1nnc(N)s1)C(=O)Nc1ccc(Oc2ccccc2)cc1. The summed E-state index contributed by atoms with van der Waals surface area (Å²) in [5, 5.41) is 10.8. The molecule has 0 spiro atoms. The van der Waals surface area contributed by atoms with Gasteiger partial charge in [-0.15, -0.1) is 10.2 Å². The lowest BCUT2D eigenvalue weighted by Crippen LogP contribution is -2.24. The number of anilines is 2. The number of aromatic nitrogens is 2. The lowest BCUT2D eigenvalue weighted by molar-refractivity contribution is -0.115. The van der Waals surface area contributed by atoms with Crippen molar-refractivity contribution in [1.29, 1.82) is 0 Å². The molecule has 1 atom stereocenters. The van der Waals surface area contributed by atoms with Crippen LogP contribution in [0, 0.1) is 0 Å². The van der Waals surface area contributed by atoms with Crippen LogP contribution >= 0.6 is 23.1 Å². The number of amides is 1. The highest BCUT2D eigenvalue weighted by Crippen LogP contribution is 2.30. The summed E-state index contributed by atoms with van der Waals surface area (Å²) >= 11 is 2.65. The van der Waals surface area contributed by atoms with Crippen LogP contribution < -0.4 is 15.8 Å². The molecule has 3 N–H and O–H groups in total. The smallest absolute Gasteiger partial charge is 0.237 e. The van der Waals surface area contributed by atoms with Gasteiger partial charge in [-0.3, -0.25) is 4.79 Å². The summed E-state index contributed by atoms with van der Waals surface area (Å²) in [7, 11) is 0. The van der Waals surface area contributed by atoms with E-state index in [1.165, 1.54) is 23.1 Å². The molecule has 0 radical (unpaired) electrons. The van der Waals surface area contributed by atoms with Crippen molar-refractivity contribution in [1.82, 2.24) is 10.2 Å². The molecule has 0 aliphatic rings. The molecule has 0 bridgehead atoms. The average Bonchev–Trinajstić information content (AvgIpc) is 3.07. The van der Waals surface area contributed by atoms with Crippen molar-refractivity contribution in [2.45, 2.75) is 22.9 Å². The Bertz CT molecular complexity index is 853. The Morgan fingerprint density at radius 1 is 1.15 bits per heavy atom. The number of thioether (sulfide) groups is 1. The maximum Gasteiger partial charge on any atom is 0.237 e. The topological polar surface area (TPSA) is 90.1 Å². The van der Waals surface area contributed by atoms with E-state index in [4.69, 9.17) is 10.5 Å². The summed E-state index contributed by atoms with van der Waals surface area (Å²) in [5.41, 5.74) is 6.30. The molecule has 0 fully saturated rings. The van der Waals surface area contributed by atoms with Crippen LogP contribution in [-0.4, -0.2) is 21.4 Å². The van der Waals surface area contributed by atoms with E-state index in [-0.39, 0.29) is 11.2 Å². The number of rotatable bonds is 7. The van der Waals surface area contributed by atoms with Crippen molar-refractivity contribution in [3.8, 4) is 11.5 Å². The van der Waals surface area contributed by atoms with Crippen molar-refractivity contribution >= 4 is 39.8 Å². The normalized spacial score (nSPS) is 11.7. The molecular formula is C18H18N4O2S2. The zero-order chi connectivity index (χ0) is 18.4. The fourth-order valence-corrected chi connectivity index (χ4v) is 3.97. The van der Waals surface area contributed by atoms with Crippen LogP contribution in [0.4, 0.5) is 10.8 Å². The highest BCUT2D eigenvalue weighted by molar-refractivity contribution is 8.02. The summed E-state index contributed by atoms with van der Waals surface area (Å²) < 4.78 is 6.44. The maximum atomic E-state index is 12.5. The molecular weight excluding hydrogens is 368 g/mol. The second-order valence-corrected chi connectivity index (χ2v) is 7.81. The molecule has 3 aromatic rings. The molecule has 0 saturated heterocycles. The van der Waals surface area contributed by atoms with E-state index < -0.39 is 0 Å². The lowest BCUT2D eigenvalue weighted by Gasteiger charge is -2.13. The highest BCUT2D eigenvalue weighted by Gasteiger charge is 2.20. The van der Waals surface area contributed by atoms with E-state index in [0.29, 0.717) is 27.3 Å². The first-order chi connectivity index (χ1) is 12.6. The first kappa shape index (κ1) is 18.2. The second-order valence-electron chi connectivity index (χ2n) is 5.35. The van der Waals surface area contributed by atoms with Gasteiger partial charge in [0.25, 0.3) is 0 Å². The van der Waals surface area contributed by atoms with Crippen LogP contribution in [0.25, 0.3) is 0 Å². The number of para-hydroxylation sites is 1. The summed E-state index contributed by atoms with van der Waals surface area (Å²) in [5.74, 6) is 1.39. The van der Waals surface area contributed by atoms with E-state index in [0.717, 1.165) is 5.75 Å². The van der Waals surface area contributed by atoms with Gasteiger partial charge in [-0.1, -0.05) is 48.2 Å². The number of ether oxygens (including phenoxy) is 1. The third-order valence-electron chi connectivity index (χ3n) is 3.43. The van der Waals surface area contributed by atoms with Crippen molar-refractivity contribution in [2.75, 3.05) is 11.1 Å².